The van der Waals surface area contributed by atoms with Crippen LogP contribution in [0.3, 0.4) is 0 Å². The number of hydrogen-bond donors (Lipinski definition) is 0. The van der Waals surface area contributed by atoms with Gasteiger partial charge in [-0.05, 0) is 12.8 Å². The van der Waals surface area contributed by atoms with E-state index in [1.807, 2.05) is 13.8 Å². The van der Waals surface area contributed by atoms with Gasteiger partial charge in [0.15, 0.2) is 0 Å². The van der Waals surface area contributed by atoms with E-state index in [0.717, 1.165) is 19.3 Å². The van der Waals surface area contributed by atoms with E-state index < -0.39 is 7.68 Å². The molecule has 0 aromatic rings. The summed E-state index contributed by atoms with van der Waals surface area (Å²) in [6.07, 6.45) is 2.24. The summed E-state index contributed by atoms with van der Waals surface area (Å²) in [7, 11) is -3.78. The molecular formula is C8H18FO2P. The highest BCUT2D eigenvalue weighted by atomic mass is 31.2. The molecule has 0 bridgehead atoms. The number of halogens is 1. The highest BCUT2D eigenvalue weighted by Crippen LogP contribution is 2.49. The van der Waals surface area contributed by atoms with E-state index in [1.165, 1.54) is 0 Å². The van der Waals surface area contributed by atoms with Crippen molar-refractivity contribution in [2.75, 3.05) is 6.16 Å². The van der Waals surface area contributed by atoms with Crippen molar-refractivity contribution in [2.45, 2.75) is 46.1 Å². The predicted octanol–water partition coefficient (Wildman–Crippen LogP) is 3.76. The molecule has 4 heteroatoms. The van der Waals surface area contributed by atoms with E-state index in [0.29, 0.717) is 0 Å². The number of rotatable bonds is 6. The normalized spacial score (nSPS) is 18.7. The second kappa shape index (κ2) is 5.71. The van der Waals surface area contributed by atoms with Gasteiger partial charge in [-0.15, -0.1) is 0 Å². The minimum atomic E-state index is -3.78. The first-order valence-corrected chi connectivity index (χ1v) is 6.22. The van der Waals surface area contributed by atoms with Gasteiger partial charge in [-0.3, -0.25) is 4.57 Å². The van der Waals surface area contributed by atoms with E-state index in [9.17, 15) is 8.76 Å². The number of hydrogen-bond acceptors (Lipinski definition) is 2. The summed E-state index contributed by atoms with van der Waals surface area (Å²) >= 11 is 0. The van der Waals surface area contributed by atoms with Crippen LogP contribution in [0.1, 0.15) is 40.0 Å². The molecule has 0 heterocycles. The Morgan fingerprint density at radius 3 is 2.33 bits per heavy atom. The zero-order valence-corrected chi connectivity index (χ0v) is 8.94. The molecule has 0 saturated heterocycles. The Kier molecular flexibility index (Phi) is 5.77. The van der Waals surface area contributed by atoms with Gasteiger partial charge in [0.1, 0.15) is 0 Å². The fourth-order valence-corrected chi connectivity index (χ4v) is 1.80. The molecule has 0 spiro atoms. The van der Waals surface area contributed by atoms with Crippen LogP contribution in [0.5, 0.6) is 0 Å². The molecule has 2 atom stereocenters. The van der Waals surface area contributed by atoms with Crippen LogP contribution in [0.2, 0.25) is 0 Å². The van der Waals surface area contributed by atoms with Crippen LogP contribution in [0.25, 0.3) is 0 Å². The summed E-state index contributed by atoms with van der Waals surface area (Å²) in [4.78, 5) is 0. The Labute approximate surface area is 74.1 Å². The Morgan fingerprint density at radius 2 is 2.00 bits per heavy atom. The van der Waals surface area contributed by atoms with Crippen LogP contribution >= 0.6 is 7.68 Å². The molecule has 0 rings (SSSR count). The first kappa shape index (κ1) is 12.1. The average molecular weight is 196 g/mol. The quantitative estimate of drug-likeness (QED) is 0.604. The third-order valence-electron chi connectivity index (χ3n) is 1.75. The maximum absolute atomic E-state index is 12.9. The molecule has 0 radical (unpaired) electrons. The first-order chi connectivity index (χ1) is 5.55. The highest BCUT2D eigenvalue weighted by Gasteiger charge is 2.23. The molecule has 0 fully saturated rings. The van der Waals surface area contributed by atoms with Gasteiger partial charge in [-0.1, -0.05) is 27.2 Å². The standard InChI is InChI=1S/C8H18FO2P/c1-4-7-8(5-2)11-12(9,10)6-3/h8H,4-7H2,1-3H3. The fraction of sp³-hybridized carbons (Fsp3) is 1.00. The zero-order chi connectivity index (χ0) is 9.61. The Morgan fingerprint density at radius 1 is 1.42 bits per heavy atom. The van der Waals surface area contributed by atoms with Gasteiger partial charge in [0.25, 0.3) is 0 Å². The Hall–Kier alpha value is 0.120. The molecule has 0 N–H and O–H groups in total. The van der Waals surface area contributed by atoms with Gasteiger partial charge in [-0.25, -0.2) is 0 Å². The van der Waals surface area contributed by atoms with Crippen molar-refractivity contribution < 1.29 is 13.3 Å². The van der Waals surface area contributed by atoms with Crippen LogP contribution in [0.15, 0.2) is 0 Å². The van der Waals surface area contributed by atoms with E-state index in [4.69, 9.17) is 4.52 Å². The van der Waals surface area contributed by atoms with Crippen molar-refractivity contribution in [2.24, 2.45) is 0 Å². The van der Waals surface area contributed by atoms with Crippen LogP contribution in [-0.2, 0) is 9.09 Å². The molecule has 0 aliphatic rings. The Bertz CT molecular complexity index is 161. The van der Waals surface area contributed by atoms with Gasteiger partial charge >= 0.3 is 7.68 Å². The van der Waals surface area contributed by atoms with Crippen LogP contribution in [-0.4, -0.2) is 12.3 Å². The van der Waals surface area contributed by atoms with E-state index in [-0.39, 0.29) is 12.3 Å². The molecular weight excluding hydrogens is 178 g/mol. The van der Waals surface area contributed by atoms with Crippen molar-refractivity contribution in [3.05, 3.63) is 0 Å². The van der Waals surface area contributed by atoms with E-state index in [1.54, 1.807) is 6.92 Å². The molecule has 0 aromatic carbocycles. The largest absolute Gasteiger partial charge is 0.367 e. The minimum Gasteiger partial charge on any atom is -0.302 e. The Balaban J connectivity index is 3.92. The lowest BCUT2D eigenvalue weighted by Gasteiger charge is -2.16. The summed E-state index contributed by atoms with van der Waals surface area (Å²) in [6.45, 7) is 5.45. The lowest BCUT2D eigenvalue weighted by atomic mass is 10.2. The molecule has 0 aliphatic carbocycles. The van der Waals surface area contributed by atoms with Crippen molar-refractivity contribution in [1.82, 2.24) is 0 Å². The predicted molar refractivity (Wildman–Crippen MR) is 49.3 cm³/mol. The molecule has 74 valence electrons. The summed E-state index contributed by atoms with van der Waals surface area (Å²) < 4.78 is 28.7. The fourth-order valence-electron chi connectivity index (χ4n) is 0.950. The van der Waals surface area contributed by atoms with Crippen molar-refractivity contribution in [3.63, 3.8) is 0 Å². The van der Waals surface area contributed by atoms with Gasteiger partial charge < -0.3 is 4.52 Å². The van der Waals surface area contributed by atoms with E-state index in [2.05, 4.69) is 0 Å². The summed E-state index contributed by atoms with van der Waals surface area (Å²) in [5.41, 5.74) is 0. The molecule has 0 aromatic heterocycles. The van der Waals surface area contributed by atoms with Gasteiger partial charge in [0.2, 0.25) is 0 Å². The maximum Gasteiger partial charge on any atom is 0.367 e. The maximum atomic E-state index is 12.9. The summed E-state index contributed by atoms with van der Waals surface area (Å²) in [5.74, 6) is 0. The smallest absolute Gasteiger partial charge is 0.302 e. The van der Waals surface area contributed by atoms with Crippen molar-refractivity contribution >= 4 is 7.68 Å². The first-order valence-electron chi connectivity index (χ1n) is 4.52. The summed E-state index contributed by atoms with van der Waals surface area (Å²) in [6, 6.07) is 0. The lowest BCUT2D eigenvalue weighted by molar-refractivity contribution is 0.174. The topological polar surface area (TPSA) is 26.3 Å². The molecule has 0 aliphatic heterocycles. The van der Waals surface area contributed by atoms with Crippen LogP contribution in [0, 0.1) is 0 Å². The van der Waals surface area contributed by atoms with Crippen LogP contribution < -0.4 is 0 Å². The third kappa shape index (κ3) is 4.89. The third-order valence-corrected chi connectivity index (χ3v) is 3.12. The van der Waals surface area contributed by atoms with Crippen molar-refractivity contribution in [1.29, 1.82) is 0 Å². The van der Waals surface area contributed by atoms with Gasteiger partial charge in [-0.2, -0.15) is 4.20 Å². The van der Waals surface area contributed by atoms with Crippen LogP contribution in [0.4, 0.5) is 4.20 Å². The lowest BCUT2D eigenvalue weighted by Crippen LogP contribution is -2.08. The summed E-state index contributed by atoms with van der Waals surface area (Å²) in [5, 5.41) is 0. The minimum absolute atomic E-state index is 0.0206. The molecule has 2 nitrogen and oxygen atoms in total. The second-order valence-corrected chi connectivity index (χ2v) is 4.85. The molecule has 2 unspecified atom stereocenters. The molecule has 0 saturated carbocycles. The van der Waals surface area contributed by atoms with E-state index >= 15 is 0 Å². The SMILES string of the molecule is CCCC(CC)OP(=O)(F)CC. The highest BCUT2D eigenvalue weighted by molar-refractivity contribution is 7.53. The monoisotopic (exact) mass is 196 g/mol. The van der Waals surface area contributed by atoms with Crippen molar-refractivity contribution in [3.8, 4) is 0 Å². The molecule has 12 heavy (non-hydrogen) atoms. The average Bonchev–Trinajstić information content (AvgIpc) is 2.03. The molecule has 0 amide bonds. The van der Waals surface area contributed by atoms with Gasteiger partial charge in [0.05, 0.1) is 12.3 Å². The zero-order valence-electron chi connectivity index (χ0n) is 8.05. The van der Waals surface area contributed by atoms with Gasteiger partial charge in [0, 0.05) is 0 Å². The second-order valence-electron chi connectivity index (χ2n) is 2.83.